The van der Waals surface area contributed by atoms with Crippen LogP contribution >= 0.6 is 11.8 Å². The fourth-order valence-corrected chi connectivity index (χ4v) is 6.08. The van der Waals surface area contributed by atoms with E-state index >= 15 is 0 Å². The van der Waals surface area contributed by atoms with Gasteiger partial charge in [0, 0.05) is 26.5 Å². The summed E-state index contributed by atoms with van der Waals surface area (Å²) in [5, 5.41) is -1.19. The molecule has 0 spiro atoms. The molecular weight excluding hydrogens is 488 g/mol. The van der Waals surface area contributed by atoms with Crippen LogP contribution in [0.2, 0.25) is 0 Å². The van der Waals surface area contributed by atoms with Crippen LogP contribution in [0.1, 0.15) is 44.3 Å². The summed E-state index contributed by atoms with van der Waals surface area (Å²) in [5.41, 5.74) is 3.33. The summed E-state index contributed by atoms with van der Waals surface area (Å²) >= 11 is 1.51. The van der Waals surface area contributed by atoms with E-state index in [4.69, 9.17) is 0 Å². The van der Waals surface area contributed by atoms with Gasteiger partial charge in [0.1, 0.15) is 5.25 Å². The van der Waals surface area contributed by atoms with Crippen LogP contribution in [0, 0.1) is 13.8 Å². The predicted molar refractivity (Wildman–Crippen MR) is 144 cm³/mol. The van der Waals surface area contributed by atoms with E-state index in [0.717, 1.165) is 15.4 Å². The van der Waals surface area contributed by atoms with Crippen molar-refractivity contribution >= 4 is 33.2 Å². The Labute approximate surface area is 216 Å². The van der Waals surface area contributed by atoms with Gasteiger partial charge >= 0.3 is 0 Å². The molecule has 4 nitrogen and oxygen atoms in total. The van der Waals surface area contributed by atoms with Gasteiger partial charge < -0.3 is 0 Å². The fourth-order valence-electron chi connectivity index (χ4n) is 3.83. The van der Waals surface area contributed by atoms with Gasteiger partial charge in [0.2, 0.25) is 0 Å². The molecule has 4 aromatic carbocycles. The van der Waals surface area contributed by atoms with E-state index < -0.39 is 20.9 Å². The van der Waals surface area contributed by atoms with Gasteiger partial charge in [-0.1, -0.05) is 59.8 Å². The van der Waals surface area contributed by atoms with Gasteiger partial charge in [0.05, 0.1) is 4.90 Å². The molecule has 0 heterocycles. The Kier molecular flexibility index (Phi) is 7.57. The van der Waals surface area contributed by atoms with Crippen LogP contribution in [0.4, 0.5) is 0 Å². The first-order chi connectivity index (χ1) is 17.2. The molecule has 6 heteroatoms. The van der Waals surface area contributed by atoms with Crippen LogP contribution < -0.4 is 0 Å². The van der Waals surface area contributed by atoms with Gasteiger partial charge in [-0.3, -0.25) is 9.59 Å². The molecule has 4 aromatic rings. The zero-order valence-corrected chi connectivity index (χ0v) is 21.9. The number of benzene rings is 4. The molecule has 0 radical (unpaired) electrons. The van der Waals surface area contributed by atoms with Crippen LogP contribution in [0.3, 0.4) is 0 Å². The summed E-state index contributed by atoms with van der Waals surface area (Å²) < 4.78 is 26.0. The topological polar surface area (TPSA) is 68.3 Å². The maximum absolute atomic E-state index is 13.1. The van der Waals surface area contributed by atoms with Crippen molar-refractivity contribution in [3.8, 4) is 0 Å². The third-order valence-corrected chi connectivity index (χ3v) is 9.11. The Morgan fingerprint density at radius 3 is 1.92 bits per heavy atom. The van der Waals surface area contributed by atoms with Gasteiger partial charge in [-0.2, -0.15) is 0 Å². The summed E-state index contributed by atoms with van der Waals surface area (Å²) in [7, 11) is -3.79. The molecule has 0 bridgehead atoms. The number of hydrogen-bond donors (Lipinski definition) is 0. The van der Waals surface area contributed by atoms with Gasteiger partial charge in [-0.15, -0.1) is 0 Å². The number of hydrogen-bond acceptors (Lipinski definition) is 5. The SMILES string of the molecule is Cc1ccc(S(=O)(=O)C(C)C(=O)c2ccc(Sc3ccc(C(=O)c4ccccc4)cc3)cc2C)cc1. The second-order valence-electron chi connectivity index (χ2n) is 8.66. The molecule has 4 rings (SSSR count). The van der Waals surface area contributed by atoms with E-state index in [0.29, 0.717) is 22.3 Å². The maximum atomic E-state index is 13.1. The van der Waals surface area contributed by atoms with Crippen LogP contribution in [0.15, 0.2) is 112 Å². The molecule has 0 fully saturated rings. The fraction of sp³-hybridized carbons (Fsp3) is 0.133. The summed E-state index contributed by atoms with van der Waals surface area (Å²) in [6.45, 7) is 5.13. The molecule has 0 saturated carbocycles. The third kappa shape index (κ3) is 5.50. The van der Waals surface area contributed by atoms with Crippen molar-refractivity contribution in [2.24, 2.45) is 0 Å². The van der Waals surface area contributed by atoms with E-state index in [9.17, 15) is 18.0 Å². The Hall–Kier alpha value is -3.48. The van der Waals surface area contributed by atoms with E-state index in [2.05, 4.69) is 0 Å². The first-order valence-electron chi connectivity index (χ1n) is 11.5. The lowest BCUT2D eigenvalue weighted by Crippen LogP contribution is -2.28. The lowest BCUT2D eigenvalue weighted by atomic mass is 10.0. The summed E-state index contributed by atoms with van der Waals surface area (Å²) in [4.78, 5) is 27.7. The zero-order valence-electron chi connectivity index (χ0n) is 20.3. The maximum Gasteiger partial charge on any atom is 0.193 e. The average Bonchev–Trinajstić information content (AvgIpc) is 2.89. The van der Waals surface area contributed by atoms with E-state index in [-0.39, 0.29) is 10.7 Å². The highest BCUT2D eigenvalue weighted by atomic mass is 32.2. The number of carbonyl (C=O) groups excluding carboxylic acids is 2. The second kappa shape index (κ2) is 10.6. The molecule has 0 N–H and O–H groups in total. The van der Waals surface area contributed by atoms with E-state index in [1.165, 1.54) is 18.7 Å². The molecule has 182 valence electrons. The number of carbonyl (C=O) groups is 2. The van der Waals surface area contributed by atoms with Gasteiger partial charge in [-0.25, -0.2) is 8.42 Å². The average molecular weight is 515 g/mol. The molecule has 0 saturated heterocycles. The molecule has 0 aliphatic carbocycles. The van der Waals surface area contributed by atoms with E-state index in [1.807, 2.05) is 56.3 Å². The number of rotatable bonds is 8. The molecule has 1 atom stereocenters. The normalized spacial score (nSPS) is 12.2. The largest absolute Gasteiger partial charge is 0.293 e. The van der Waals surface area contributed by atoms with Crippen LogP contribution in [-0.2, 0) is 9.84 Å². The lowest BCUT2D eigenvalue weighted by molar-refractivity contribution is 0.0989. The van der Waals surface area contributed by atoms with Crippen molar-refractivity contribution in [1.29, 1.82) is 0 Å². The molecular formula is C30H26O4S2. The Morgan fingerprint density at radius 1 is 0.722 bits per heavy atom. The minimum atomic E-state index is -3.79. The summed E-state index contributed by atoms with van der Waals surface area (Å²) in [6.07, 6.45) is 0. The van der Waals surface area contributed by atoms with Gasteiger partial charge in [0.25, 0.3) is 0 Å². The molecule has 0 amide bonds. The minimum absolute atomic E-state index is 0.0273. The monoisotopic (exact) mass is 514 g/mol. The highest BCUT2D eigenvalue weighted by molar-refractivity contribution is 7.99. The van der Waals surface area contributed by atoms with Crippen molar-refractivity contribution in [3.05, 3.63) is 125 Å². The number of sulfone groups is 1. The summed E-state index contributed by atoms with van der Waals surface area (Å²) in [6, 6.07) is 28.5. The third-order valence-electron chi connectivity index (χ3n) is 6.04. The van der Waals surface area contributed by atoms with Crippen LogP contribution in [0.25, 0.3) is 0 Å². The predicted octanol–water partition coefficient (Wildman–Crippen LogP) is 6.73. The van der Waals surface area contributed by atoms with Crippen molar-refractivity contribution in [2.75, 3.05) is 0 Å². The number of ketones is 2. The standard InChI is InChI=1S/C30H26O4S2/c1-20-9-16-27(17-10-20)36(33,34)22(3)29(31)28-18-15-26(19-21(28)2)35-25-13-11-24(12-14-25)30(32)23-7-5-4-6-8-23/h4-19,22H,1-3H3. The molecule has 36 heavy (non-hydrogen) atoms. The number of aryl methyl sites for hydroxylation is 2. The lowest BCUT2D eigenvalue weighted by Gasteiger charge is -2.14. The van der Waals surface area contributed by atoms with Crippen molar-refractivity contribution in [1.82, 2.24) is 0 Å². The smallest absolute Gasteiger partial charge is 0.193 e. The Balaban J connectivity index is 1.48. The molecule has 1 unspecified atom stereocenters. The highest BCUT2D eigenvalue weighted by Gasteiger charge is 2.31. The van der Waals surface area contributed by atoms with E-state index in [1.54, 1.807) is 54.6 Å². The Bertz CT molecular complexity index is 1510. The quantitative estimate of drug-likeness (QED) is 0.244. The van der Waals surface area contributed by atoms with Crippen molar-refractivity contribution in [3.63, 3.8) is 0 Å². The second-order valence-corrected chi connectivity index (χ2v) is 12.1. The van der Waals surface area contributed by atoms with Crippen LogP contribution in [0.5, 0.6) is 0 Å². The Morgan fingerprint density at radius 2 is 1.31 bits per heavy atom. The summed E-state index contributed by atoms with van der Waals surface area (Å²) in [5.74, 6) is -0.450. The highest BCUT2D eigenvalue weighted by Crippen LogP contribution is 2.30. The van der Waals surface area contributed by atoms with Gasteiger partial charge in [0.15, 0.2) is 21.4 Å². The number of Topliss-reactive ketones (excluding diaryl/α,β-unsaturated/α-hetero) is 1. The minimum Gasteiger partial charge on any atom is -0.293 e. The first kappa shape index (κ1) is 25.6. The van der Waals surface area contributed by atoms with Crippen molar-refractivity contribution < 1.29 is 18.0 Å². The molecule has 0 aromatic heterocycles. The van der Waals surface area contributed by atoms with Crippen molar-refractivity contribution in [2.45, 2.75) is 40.7 Å². The van der Waals surface area contributed by atoms with Gasteiger partial charge in [-0.05, 0) is 80.9 Å². The van der Waals surface area contributed by atoms with Crippen LogP contribution in [-0.4, -0.2) is 25.2 Å². The molecule has 0 aliphatic rings. The molecule has 0 aliphatic heterocycles. The zero-order chi connectivity index (χ0) is 25.9. The first-order valence-corrected chi connectivity index (χ1v) is 13.9.